The van der Waals surface area contributed by atoms with Gasteiger partial charge in [-0.3, -0.25) is 0 Å². The third-order valence-electron chi connectivity index (χ3n) is 11.2. The highest BCUT2D eigenvalue weighted by atomic mass is 16.6. The lowest BCUT2D eigenvalue weighted by Gasteiger charge is -2.40. The Morgan fingerprint density at radius 3 is 2.00 bits per heavy atom. The van der Waals surface area contributed by atoms with Gasteiger partial charge in [0, 0.05) is 18.1 Å². The van der Waals surface area contributed by atoms with Crippen LogP contribution in [0.2, 0.25) is 0 Å². The fourth-order valence-electron chi connectivity index (χ4n) is 7.34. The van der Waals surface area contributed by atoms with Crippen LogP contribution < -0.4 is 9.47 Å². The molecule has 0 radical (unpaired) electrons. The predicted molar refractivity (Wildman–Crippen MR) is 220 cm³/mol. The molecule has 3 atom stereocenters. The van der Waals surface area contributed by atoms with Crippen molar-refractivity contribution in [2.45, 2.75) is 110 Å². The molecule has 1 aliphatic heterocycles. The minimum atomic E-state index is -0.393. The van der Waals surface area contributed by atoms with Gasteiger partial charge in [-0.25, -0.2) is 14.4 Å². The maximum absolute atomic E-state index is 13.2. The Hall–Kier alpha value is -4.41. The summed E-state index contributed by atoms with van der Waals surface area (Å²) in [5.74, 6) is 0.515. The van der Waals surface area contributed by atoms with Crippen molar-refractivity contribution in [2.75, 3.05) is 46.2 Å². The molecule has 310 valence electrons. The quantitative estimate of drug-likeness (QED) is 0.0356. The van der Waals surface area contributed by atoms with Gasteiger partial charge in [-0.2, -0.15) is 0 Å². The Kier molecular flexibility index (Phi) is 17.7. The van der Waals surface area contributed by atoms with Crippen LogP contribution in [0.25, 0.3) is 10.8 Å². The molecule has 10 heteroatoms. The molecule has 0 bridgehead atoms. The standard InChI is InChI=1S/C47H62O10/c1-4-35-30-42(23-24-43(35)57-45(49)36-17-20-40(21-18-36)53-26-12-9-10-14-28-55-44(48)5-2)56-46(50)39-16-15-38-31-41(22-19-37(38)29-39)54-27-13-8-7-11-25-51-32-47(6-3)33-52-34-47/h5,15-22,29,31,35,42-43H,2,4,6-14,23-28,30,32-34H2,1,3H3/t35-,42-,43-/m0/s1. The number of carbonyl (C=O) groups excluding carboxylic acids is 3. The van der Waals surface area contributed by atoms with Crippen LogP contribution in [0.15, 0.2) is 73.3 Å². The maximum Gasteiger partial charge on any atom is 0.338 e. The number of esters is 3. The molecule has 1 aliphatic carbocycles. The summed E-state index contributed by atoms with van der Waals surface area (Å²) in [4.78, 5) is 37.4. The van der Waals surface area contributed by atoms with Gasteiger partial charge in [0.05, 0.1) is 50.8 Å². The van der Waals surface area contributed by atoms with Crippen LogP contribution in [0.4, 0.5) is 0 Å². The first-order valence-corrected chi connectivity index (χ1v) is 21.1. The van der Waals surface area contributed by atoms with Gasteiger partial charge in [0.15, 0.2) is 0 Å². The lowest BCUT2D eigenvalue weighted by molar-refractivity contribution is -0.150. The van der Waals surface area contributed by atoms with E-state index in [9.17, 15) is 14.4 Å². The minimum Gasteiger partial charge on any atom is -0.494 e. The van der Waals surface area contributed by atoms with Gasteiger partial charge in [0.1, 0.15) is 23.7 Å². The van der Waals surface area contributed by atoms with Gasteiger partial charge >= 0.3 is 17.9 Å². The monoisotopic (exact) mass is 786 g/mol. The topological polar surface area (TPSA) is 116 Å². The number of rotatable bonds is 25. The molecule has 10 nitrogen and oxygen atoms in total. The van der Waals surface area contributed by atoms with Gasteiger partial charge < -0.3 is 33.2 Å². The summed E-state index contributed by atoms with van der Waals surface area (Å²) in [6.07, 6.45) is 12.4. The first-order valence-electron chi connectivity index (χ1n) is 21.1. The third-order valence-corrected chi connectivity index (χ3v) is 11.2. The van der Waals surface area contributed by atoms with Crippen molar-refractivity contribution in [2.24, 2.45) is 11.3 Å². The van der Waals surface area contributed by atoms with Crippen LogP contribution in [0.3, 0.4) is 0 Å². The van der Waals surface area contributed by atoms with Gasteiger partial charge in [0.2, 0.25) is 0 Å². The molecule has 3 aromatic rings. The Balaban J connectivity index is 0.967. The molecule has 1 heterocycles. The summed E-state index contributed by atoms with van der Waals surface area (Å²) >= 11 is 0. The van der Waals surface area contributed by atoms with Crippen molar-refractivity contribution in [1.29, 1.82) is 0 Å². The van der Waals surface area contributed by atoms with Crippen LogP contribution in [0, 0.1) is 11.3 Å². The van der Waals surface area contributed by atoms with Crippen molar-refractivity contribution >= 4 is 28.7 Å². The summed E-state index contributed by atoms with van der Waals surface area (Å²) in [6, 6.07) is 18.6. The number of hydrogen-bond acceptors (Lipinski definition) is 10. The molecule has 0 aromatic heterocycles. The molecule has 3 aromatic carbocycles. The molecule has 2 aliphatic rings. The Bertz CT molecular complexity index is 1710. The van der Waals surface area contributed by atoms with Crippen LogP contribution in [-0.2, 0) is 28.5 Å². The van der Waals surface area contributed by atoms with E-state index in [0.29, 0.717) is 56.0 Å². The van der Waals surface area contributed by atoms with E-state index in [4.69, 9.17) is 33.2 Å². The lowest BCUT2D eigenvalue weighted by Crippen LogP contribution is -2.45. The normalized spacial score (nSPS) is 18.6. The van der Waals surface area contributed by atoms with E-state index in [2.05, 4.69) is 20.4 Å². The second-order valence-corrected chi connectivity index (χ2v) is 15.5. The summed E-state index contributed by atoms with van der Waals surface area (Å²) in [7, 11) is 0. The number of hydrogen-bond donors (Lipinski definition) is 0. The minimum absolute atomic E-state index is 0.0900. The zero-order valence-corrected chi connectivity index (χ0v) is 34.0. The Morgan fingerprint density at radius 2 is 1.33 bits per heavy atom. The van der Waals surface area contributed by atoms with Crippen molar-refractivity contribution in [3.63, 3.8) is 0 Å². The van der Waals surface area contributed by atoms with Crippen molar-refractivity contribution < 1.29 is 47.5 Å². The fourth-order valence-corrected chi connectivity index (χ4v) is 7.34. The van der Waals surface area contributed by atoms with E-state index in [-0.39, 0.29) is 35.5 Å². The summed E-state index contributed by atoms with van der Waals surface area (Å²) in [6.45, 7) is 12.6. The average Bonchev–Trinajstić information content (AvgIpc) is 3.22. The van der Waals surface area contributed by atoms with Gasteiger partial charge in [-0.05, 0) is 142 Å². The predicted octanol–water partition coefficient (Wildman–Crippen LogP) is 9.85. The molecule has 57 heavy (non-hydrogen) atoms. The highest BCUT2D eigenvalue weighted by molar-refractivity contribution is 5.96. The number of ether oxygens (including phenoxy) is 7. The molecule has 0 amide bonds. The largest absolute Gasteiger partial charge is 0.494 e. The van der Waals surface area contributed by atoms with E-state index in [0.717, 1.165) is 107 Å². The van der Waals surface area contributed by atoms with Crippen LogP contribution in [0.5, 0.6) is 11.5 Å². The van der Waals surface area contributed by atoms with Crippen molar-refractivity contribution in [3.8, 4) is 11.5 Å². The fraction of sp³-hybridized carbons (Fsp3) is 0.553. The molecule has 0 N–H and O–H groups in total. The molecule has 5 rings (SSSR count). The molecular formula is C47H62O10. The average molecular weight is 787 g/mol. The smallest absolute Gasteiger partial charge is 0.338 e. The summed E-state index contributed by atoms with van der Waals surface area (Å²) in [5.41, 5.74) is 1.24. The van der Waals surface area contributed by atoms with E-state index < -0.39 is 5.97 Å². The van der Waals surface area contributed by atoms with Crippen molar-refractivity contribution in [1.82, 2.24) is 0 Å². The number of benzene rings is 3. The summed E-state index contributed by atoms with van der Waals surface area (Å²) in [5, 5.41) is 1.96. The first-order chi connectivity index (χ1) is 27.8. The van der Waals surface area contributed by atoms with E-state index in [1.54, 1.807) is 24.3 Å². The molecule has 0 spiro atoms. The maximum atomic E-state index is 13.2. The number of fused-ring (bicyclic) bond motifs is 1. The van der Waals surface area contributed by atoms with Crippen LogP contribution in [-0.4, -0.2) is 76.4 Å². The van der Waals surface area contributed by atoms with Crippen molar-refractivity contribution in [3.05, 3.63) is 84.4 Å². The lowest BCUT2D eigenvalue weighted by atomic mass is 9.83. The molecule has 1 saturated carbocycles. The highest BCUT2D eigenvalue weighted by Crippen LogP contribution is 2.33. The number of carbonyl (C=O) groups is 3. The summed E-state index contributed by atoms with van der Waals surface area (Å²) < 4.78 is 40.1. The number of unbranched alkanes of at least 4 members (excludes halogenated alkanes) is 6. The second-order valence-electron chi connectivity index (χ2n) is 15.5. The first kappa shape index (κ1) is 43.7. The third kappa shape index (κ3) is 13.9. The molecule has 0 unspecified atom stereocenters. The Labute approximate surface area is 338 Å². The Morgan fingerprint density at radius 1 is 0.719 bits per heavy atom. The molecule has 1 saturated heterocycles. The SMILES string of the molecule is C=CC(=O)OCCCCCCOc1ccc(C(=O)O[C@H]2CC[C@H](OC(=O)c3ccc4cc(OCCCCCCOCC5(CC)COC5)ccc4c3)C[C@@H]2CC)cc1. The second kappa shape index (κ2) is 23.1. The zero-order chi connectivity index (χ0) is 40.3. The van der Waals surface area contributed by atoms with Gasteiger partial charge in [-0.1, -0.05) is 39.0 Å². The highest BCUT2D eigenvalue weighted by Gasteiger charge is 2.37. The van der Waals surface area contributed by atoms with Gasteiger partial charge in [-0.15, -0.1) is 0 Å². The molecular weight excluding hydrogens is 725 g/mol. The van der Waals surface area contributed by atoms with Crippen LogP contribution >= 0.6 is 0 Å². The van der Waals surface area contributed by atoms with Gasteiger partial charge in [0.25, 0.3) is 0 Å². The van der Waals surface area contributed by atoms with E-state index in [1.807, 2.05) is 36.4 Å². The van der Waals surface area contributed by atoms with E-state index >= 15 is 0 Å². The zero-order valence-electron chi connectivity index (χ0n) is 34.0. The van der Waals surface area contributed by atoms with E-state index in [1.165, 1.54) is 6.08 Å². The van der Waals surface area contributed by atoms with Crippen LogP contribution in [0.1, 0.15) is 118 Å². The molecule has 2 fully saturated rings.